The topological polar surface area (TPSA) is 67.6 Å². The molecule has 0 fully saturated rings. The van der Waals surface area contributed by atoms with Crippen molar-refractivity contribution in [2.75, 3.05) is 33.5 Å². The van der Waals surface area contributed by atoms with Gasteiger partial charge in [0.25, 0.3) is 5.91 Å². The van der Waals surface area contributed by atoms with Gasteiger partial charge in [-0.15, -0.1) is 0 Å². The van der Waals surface area contributed by atoms with E-state index in [1.807, 2.05) is 21.0 Å². The Hall–Kier alpha value is -1.75. The van der Waals surface area contributed by atoms with Crippen LogP contribution in [0.5, 0.6) is 5.75 Å². The number of nitrogens with zero attached hydrogens (tertiary/aromatic N) is 1. The molecule has 0 aliphatic rings. The van der Waals surface area contributed by atoms with Crippen LogP contribution in [0.1, 0.15) is 23.7 Å². The smallest absolute Gasteiger partial charge is 0.253 e. The van der Waals surface area contributed by atoms with Crippen molar-refractivity contribution in [1.29, 1.82) is 0 Å². The van der Waals surface area contributed by atoms with Crippen molar-refractivity contribution < 1.29 is 9.53 Å². The van der Waals surface area contributed by atoms with Gasteiger partial charge in [0.05, 0.1) is 12.7 Å². The summed E-state index contributed by atoms with van der Waals surface area (Å²) in [6.45, 7) is 2.91. The molecule has 106 valence electrons. The summed E-state index contributed by atoms with van der Waals surface area (Å²) in [5, 5.41) is 2.94. The number of hydrogen-bond donors (Lipinski definition) is 2. The molecule has 1 atom stereocenters. The van der Waals surface area contributed by atoms with Gasteiger partial charge >= 0.3 is 0 Å². The molecule has 0 saturated carbocycles. The highest BCUT2D eigenvalue weighted by atomic mass is 16.5. The molecule has 0 bridgehead atoms. The number of rotatable bonds is 6. The number of carbonyl (C=O) groups is 1. The van der Waals surface area contributed by atoms with Gasteiger partial charge in [-0.05, 0) is 52.2 Å². The van der Waals surface area contributed by atoms with Crippen LogP contribution in [-0.4, -0.2) is 44.6 Å². The summed E-state index contributed by atoms with van der Waals surface area (Å²) in [6.07, 6.45) is 0.891. The van der Waals surface area contributed by atoms with Crippen molar-refractivity contribution in [1.82, 2.24) is 10.2 Å². The van der Waals surface area contributed by atoms with Crippen LogP contribution in [0.2, 0.25) is 0 Å². The van der Waals surface area contributed by atoms with E-state index in [0.717, 1.165) is 13.0 Å². The van der Waals surface area contributed by atoms with Crippen LogP contribution in [0.15, 0.2) is 18.2 Å². The SMILES string of the molecule is COc1ccc(N)c(C(=O)NC(C)CCN(C)C)c1. The molecule has 0 saturated heterocycles. The van der Waals surface area contributed by atoms with Crippen molar-refractivity contribution in [2.24, 2.45) is 0 Å². The second-order valence-corrected chi connectivity index (χ2v) is 4.92. The van der Waals surface area contributed by atoms with E-state index in [2.05, 4.69) is 10.2 Å². The van der Waals surface area contributed by atoms with E-state index >= 15 is 0 Å². The van der Waals surface area contributed by atoms with Crippen LogP contribution in [0.3, 0.4) is 0 Å². The standard InChI is InChI=1S/C14H23N3O2/c1-10(7-8-17(2)3)16-14(18)12-9-11(19-4)5-6-13(12)15/h5-6,9-10H,7-8,15H2,1-4H3,(H,16,18). The Morgan fingerprint density at radius 3 is 2.74 bits per heavy atom. The van der Waals surface area contributed by atoms with E-state index in [1.165, 1.54) is 0 Å². The molecule has 1 aromatic rings. The fourth-order valence-electron chi connectivity index (χ4n) is 1.68. The van der Waals surface area contributed by atoms with Gasteiger partial charge in [-0.1, -0.05) is 0 Å². The molecule has 1 unspecified atom stereocenters. The maximum absolute atomic E-state index is 12.1. The van der Waals surface area contributed by atoms with Gasteiger partial charge in [-0.3, -0.25) is 4.79 Å². The average Bonchev–Trinajstić information content (AvgIpc) is 2.36. The molecule has 0 aromatic heterocycles. The lowest BCUT2D eigenvalue weighted by Crippen LogP contribution is -2.35. The first-order chi connectivity index (χ1) is 8.93. The molecule has 0 aliphatic carbocycles. The van der Waals surface area contributed by atoms with Gasteiger partial charge in [0.2, 0.25) is 0 Å². The number of carbonyl (C=O) groups excluding carboxylic acids is 1. The lowest BCUT2D eigenvalue weighted by molar-refractivity contribution is 0.0937. The summed E-state index contributed by atoms with van der Waals surface area (Å²) in [6, 6.07) is 5.17. The summed E-state index contributed by atoms with van der Waals surface area (Å²) in [4.78, 5) is 14.2. The van der Waals surface area contributed by atoms with Crippen LogP contribution in [0, 0.1) is 0 Å². The molecule has 3 N–H and O–H groups in total. The van der Waals surface area contributed by atoms with Gasteiger partial charge in [-0.2, -0.15) is 0 Å². The maximum atomic E-state index is 12.1. The number of hydrogen-bond acceptors (Lipinski definition) is 4. The molecule has 5 nitrogen and oxygen atoms in total. The van der Waals surface area contributed by atoms with Gasteiger partial charge in [0.1, 0.15) is 5.75 Å². The summed E-state index contributed by atoms with van der Waals surface area (Å²) in [5.74, 6) is 0.461. The molecule has 0 spiro atoms. The number of anilines is 1. The zero-order chi connectivity index (χ0) is 14.4. The summed E-state index contributed by atoms with van der Waals surface area (Å²) in [5.41, 5.74) is 6.73. The van der Waals surface area contributed by atoms with E-state index in [9.17, 15) is 4.79 Å². The van der Waals surface area contributed by atoms with Gasteiger partial charge < -0.3 is 20.7 Å². The number of nitrogens with two attached hydrogens (primary N) is 1. The minimum atomic E-state index is -0.164. The van der Waals surface area contributed by atoms with Crippen molar-refractivity contribution in [3.05, 3.63) is 23.8 Å². The molecule has 0 aliphatic heterocycles. The fraction of sp³-hybridized carbons (Fsp3) is 0.500. The van der Waals surface area contributed by atoms with Crippen LogP contribution in [-0.2, 0) is 0 Å². The molecule has 0 heterocycles. The first-order valence-electron chi connectivity index (χ1n) is 6.33. The van der Waals surface area contributed by atoms with E-state index in [0.29, 0.717) is 17.0 Å². The molecule has 1 aromatic carbocycles. The molecule has 5 heteroatoms. The Kier molecular flexibility index (Phi) is 5.63. The highest BCUT2D eigenvalue weighted by Crippen LogP contribution is 2.19. The normalized spacial score (nSPS) is 12.3. The van der Waals surface area contributed by atoms with E-state index in [1.54, 1.807) is 25.3 Å². The summed E-state index contributed by atoms with van der Waals surface area (Å²) in [7, 11) is 5.58. The number of ether oxygens (including phenoxy) is 1. The van der Waals surface area contributed by atoms with Gasteiger partial charge in [0, 0.05) is 11.7 Å². The zero-order valence-corrected chi connectivity index (χ0v) is 12.1. The molecule has 19 heavy (non-hydrogen) atoms. The Bertz CT molecular complexity index is 433. The van der Waals surface area contributed by atoms with Crippen molar-refractivity contribution in [3.8, 4) is 5.75 Å². The molecule has 1 amide bonds. The average molecular weight is 265 g/mol. The highest BCUT2D eigenvalue weighted by molar-refractivity contribution is 5.99. The highest BCUT2D eigenvalue weighted by Gasteiger charge is 2.13. The monoisotopic (exact) mass is 265 g/mol. The van der Waals surface area contributed by atoms with Gasteiger partial charge in [-0.25, -0.2) is 0 Å². The number of amides is 1. The van der Waals surface area contributed by atoms with Gasteiger partial charge in [0.15, 0.2) is 0 Å². The first kappa shape index (κ1) is 15.3. The van der Waals surface area contributed by atoms with Crippen LogP contribution in [0.4, 0.5) is 5.69 Å². The van der Waals surface area contributed by atoms with Crippen molar-refractivity contribution >= 4 is 11.6 Å². The Balaban J connectivity index is 2.67. The maximum Gasteiger partial charge on any atom is 0.253 e. The van der Waals surface area contributed by atoms with Crippen molar-refractivity contribution in [2.45, 2.75) is 19.4 Å². The quantitative estimate of drug-likeness (QED) is 0.762. The minimum Gasteiger partial charge on any atom is -0.497 e. The van der Waals surface area contributed by atoms with E-state index in [4.69, 9.17) is 10.5 Å². The fourth-order valence-corrected chi connectivity index (χ4v) is 1.68. The Morgan fingerprint density at radius 2 is 2.16 bits per heavy atom. The third-order valence-corrected chi connectivity index (χ3v) is 2.89. The second kappa shape index (κ2) is 6.99. The molecular weight excluding hydrogens is 242 g/mol. The largest absolute Gasteiger partial charge is 0.497 e. The van der Waals surface area contributed by atoms with Crippen LogP contribution < -0.4 is 15.8 Å². The van der Waals surface area contributed by atoms with Crippen molar-refractivity contribution in [3.63, 3.8) is 0 Å². The molecule has 0 radical (unpaired) electrons. The lowest BCUT2D eigenvalue weighted by atomic mass is 10.1. The summed E-state index contributed by atoms with van der Waals surface area (Å²) < 4.78 is 5.10. The second-order valence-electron chi connectivity index (χ2n) is 4.92. The third-order valence-electron chi connectivity index (χ3n) is 2.89. The lowest BCUT2D eigenvalue weighted by Gasteiger charge is -2.17. The Labute approximate surface area is 114 Å². The molecular formula is C14H23N3O2. The number of nitrogen functional groups attached to an aromatic ring is 1. The number of methoxy groups -OCH3 is 1. The van der Waals surface area contributed by atoms with Crippen LogP contribution in [0.25, 0.3) is 0 Å². The third kappa shape index (κ3) is 4.79. The predicted molar refractivity (Wildman–Crippen MR) is 77.5 cm³/mol. The predicted octanol–water partition coefficient (Wildman–Crippen LogP) is 1.35. The first-order valence-corrected chi connectivity index (χ1v) is 6.33. The van der Waals surface area contributed by atoms with E-state index < -0.39 is 0 Å². The molecule has 1 rings (SSSR count). The Morgan fingerprint density at radius 1 is 1.47 bits per heavy atom. The number of benzene rings is 1. The summed E-state index contributed by atoms with van der Waals surface area (Å²) >= 11 is 0. The minimum absolute atomic E-state index is 0.0977. The zero-order valence-electron chi connectivity index (χ0n) is 12.1. The number of nitrogens with one attached hydrogen (secondary N) is 1. The van der Waals surface area contributed by atoms with E-state index in [-0.39, 0.29) is 11.9 Å². The van der Waals surface area contributed by atoms with Crippen LogP contribution >= 0.6 is 0 Å².